The van der Waals surface area contributed by atoms with Gasteiger partial charge in [-0.25, -0.2) is 9.18 Å². The molecule has 0 heterocycles. The van der Waals surface area contributed by atoms with Crippen molar-refractivity contribution in [2.45, 2.75) is 20.0 Å². The summed E-state index contributed by atoms with van der Waals surface area (Å²) < 4.78 is 18.3. The maximum atomic E-state index is 12.9. The molecule has 1 rings (SSSR count). The third-order valence-corrected chi connectivity index (χ3v) is 2.75. The van der Waals surface area contributed by atoms with Gasteiger partial charge in [-0.05, 0) is 41.1 Å². The van der Waals surface area contributed by atoms with Crippen LogP contribution >= 0.6 is 15.9 Å². The first-order valence-electron chi connectivity index (χ1n) is 5.30. The number of esters is 1. The second kappa shape index (κ2) is 6.49. The predicted molar refractivity (Wildman–Crippen MR) is 67.7 cm³/mol. The van der Waals surface area contributed by atoms with Crippen LogP contribution in [0.3, 0.4) is 0 Å². The Bertz CT molecular complexity index is 465. The lowest BCUT2D eigenvalue weighted by atomic mass is 10.2. The van der Waals surface area contributed by atoms with Crippen LogP contribution in [0.2, 0.25) is 0 Å². The van der Waals surface area contributed by atoms with E-state index in [0.717, 1.165) is 0 Å². The number of halogens is 2. The smallest absolute Gasteiger partial charge is 0.339 e. The average Bonchev–Trinajstić information content (AvgIpc) is 2.26. The lowest BCUT2D eigenvalue weighted by Gasteiger charge is -2.14. The maximum Gasteiger partial charge on any atom is 0.339 e. The monoisotopic (exact) mass is 317 g/mol. The summed E-state index contributed by atoms with van der Waals surface area (Å²) in [5.41, 5.74) is 0.242. The minimum Gasteiger partial charge on any atom is -0.457 e. The Morgan fingerprint density at radius 2 is 2.17 bits per heavy atom. The number of ether oxygens (including phenoxy) is 1. The zero-order valence-corrected chi connectivity index (χ0v) is 11.6. The Labute approximate surface area is 113 Å². The fourth-order valence-electron chi connectivity index (χ4n) is 1.23. The minimum atomic E-state index is -0.570. The van der Waals surface area contributed by atoms with Crippen LogP contribution in [0, 0.1) is 5.82 Å². The fraction of sp³-hybridized carbons (Fsp3) is 0.333. The van der Waals surface area contributed by atoms with Gasteiger partial charge in [-0.3, -0.25) is 4.79 Å². The summed E-state index contributed by atoms with van der Waals surface area (Å²) in [5, 5.41) is 2.54. The van der Waals surface area contributed by atoms with Crippen molar-refractivity contribution in [1.82, 2.24) is 5.32 Å². The van der Waals surface area contributed by atoms with E-state index in [1.165, 1.54) is 25.1 Å². The van der Waals surface area contributed by atoms with Crippen LogP contribution in [0.1, 0.15) is 24.2 Å². The minimum absolute atomic E-state index is 0.194. The van der Waals surface area contributed by atoms with Crippen molar-refractivity contribution in [3.63, 3.8) is 0 Å². The first kappa shape index (κ1) is 14.6. The third-order valence-electron chi connectivity index (χ3n) is 2.10. The van der Waals surface area contributed by atoms with E-state index in [4.69, 9.17) is 4.74 Å². The molecule has 0 fully saturated rings. The van der Waals surface area contributed by atoms with Crippen LogP contribution < -0.4 is 5.32 Å². The molecule has 1 atom stereocenters. The second-order valence-electron chi connectivity index (χ2n) is 3.78. The number of carbonyl (C=O) groups excluding carboxylic acids is 2. The van der Waals surface area contributed by atoms with Gasteiger partial charge >= 0.3 is 5.97 Å². The summed E-state index contributed by atoms with van der Waals surface area (Å²) in [6, 6.07) is 3.71. The van der Waals surface area contributed by atoms with E-state index < -0.39 is 17.9 Å². The Balaban J connectivity index is 2.62. The summed E-state index contributed by atoms with van der Waals surface area (Å²) in [6.45, 7) is 3.27. The van der Waals surface area contributed by atoms with E-state index in [-0.39, 0.29) is 18.0 Å². The SMILES string of the molecule is CC(=O)NC[C@H](C)OC(=O)c1ccc(F)cc1Br. The van der Waals surface area contributed by atoms with Gasteiger partial charge in [-0.1, -0.05) is 0 Å². The van der Waals surface area contributed by atoms with E-state index in [2.05, 4.69) is 21.2 Å². The molecule has 1 aromatic carbocycles. The van der Waals surface area contributed by atoms with Crippen molar-refractivity contribution in [3.8, 4) is 0 Å². The van der Waals surface area contributed by atoms with Crippen LogP contribution in [0.4, 0.5) is 4.39 Å². The molecule has 18 heavy (non-hydrogen) atoms. The van der Waals surface area contributed by atoms with Gasteiger partial charge in [-0.2, -0.15) is 0 Å². The summed E-state index contributed by atoms with van der Waals surface area (Å²) >= 11 is 3.09. The topological polar surface area (TPSA) is 55.4 Å². The summed E-state index contributed by atoms with van der Waals surface area (Å²) in [4.78, 5) is 22.4. The number of nitrogens with one attached hydrogen (secondary N) is 1. The summed E-state index contributed by atoms with van der Waals surface area (Å²) in [7, 11) is 0. The van der Waals surface area contributed by atoms with E-state index in [0.29, 0.717) is 4.47 Å². The average molecular weight is 318 g/mol. The van der Waals surface area contributed by atoms with E-state index in [9.17, 15) is 14.0 Å². The molecule has 0 saturated carbocycles. The normalized spacial score (nSPS) is 11.8. The van der Waals surface area contributed by atoms with Crippen LogP contribution in [-0.2, 0) is 9.53 Å². The molecule has 0 aliphatic heterocycles. The van der Waals surface area contributed by atoms with Crippen LogP contribution in [0.5, 0.6) is 0 Å². The third kappa shape index (κ3) is 4.44. The van der Waals surface area contributed by atoms with Crippen molar-refractivity contribution in [3.05, 3.63) is 34.1 Å². The Kier molecular flexibility index (Phi) is 5.27. The van der Waals surface area contributed by atoms with Gasteiger partial charge in [0.1, 0.15) is 11.9 Å². The Hall–Kier alpha value is -1.43. The molecule has 0 bridgehead atoms. The summed E-state index contributed by atoms with van der Waals surface area (Å²) in [6.07, 6.45) is -0.460. The van der Waals surface area contributed by atoms with E-state index >= 15 is 0 Å². The molecule has 4 nitrogen and oxygen atoms in total. The van der Waals surface area contributed by atoms with Gasteiger partial charge in [-0.15, -0.1) is 0 Å². The van der Waals surface area contributed by atoms with Crippen LogP contribution in [0.25, 0.3) is 0 Å². The lowest BCUT2D eigenvalue weighted by Crippen LogP contribution is -2.31. The molecule has 0 aliphatic rings. The second-order valence-corrected chi connectivity index (χ2v) is 4.63. The molecule has 98 valence electrons. The zero-order valence-electron chi connectivity index (χ0n) is 10.00. The Morgan fingerprint density at radius 3 is 2.72 bits per heavy atom. The molecule has 1 N–H and O–H groups in total. The number of hydrogen-bond acceptors (Lipinski definition) is 3. The number of benzene rings is 1. The quantitative estimate of drug-likeness (QED) is 0.867. The molecule has 0 aromatic heterocycles. The highest BCUT2D eigenvalue weighted by Crippen LogP contribution is 2.19. The molecular weight excluding hydrogens is 305 g/mol. The van der Waals surface area contributed by atoms with Crippen molar-refractivity contribution in [2.75, 3.05) is 6.54 Å². The highest BCUT2D eigenvalue weighted by molar-refractivity contribution is 9.10. The molecular formula is C12H13BrFNO3. The first-order valence-corrected chi connectivity index (χ1v) is 6.10. The van der Waals surface area contributed by atoms with E-state index in [1.54, 1.807) is 6.92 Å². The first-order chi connectivity index (χ1) is 8.40. The number of carbonyl (C=O) groups is 2. The van der Waals surface area contributed by atoms with Crippen molar-refractivity contribution in [1.29, 1.82) is 0 Å². The highest BCUT2D eigenvalue weighted by Gasteiger charge is 2.15. The van der Waals surface area contributed by atoms with Crippen LogP contribution in [-0.4, -0.2) is 24.5 Å². The largest absolute Gasteiger partial charge is 0.457 e. The molecule has 0 spiro atoms. The number of amides is 1. The lowest BCUT2D eigenvalue weighted by molar-refractivity contribution is -0.119. The van der Waals surface area contributed by atoms with Gasteiger partial charge in [0.2, 0.25) is 5.91 Å². The van der Waals surface area contributed by atoms with Crippen molar-refractivity contribution in [2.24, 2.45) is 0 Å². The number of rotatable bonds is 4. The predicted octanol–water partition coefficient (Wildman–Crippen LogP) is 2.27. The molecule has 0 unspecified atom stereocenters. The number of hydrogen-bond donors (Lipinski definition) is 1. The van der Waals surface area contributed by atoms with Gasteiger partial charge in [0.15, 0.2) is 0 Å². The molecule has 0 aliphatic carbocycles. The molecule has 1 aromatic rings. The van der Waals surface area contributed by atoms with Gasteiger partial charge in [0, 0.05) is 11.4 Å². The summed E-state index contributed by atoms with van der Waals surface area (Å²) in [5.74, 6) is -1.20. The van der Waals surface area contributed by atoms with Gasteiger partial charge < -0.3 is 10.1 Å². The maximum absolute atomic E-state index is 12.9. The van der Waals surface area contributed by atoms with Crippen molar-refractivity contribution < 1.29 is 18.7 Å². The van der Waals surface area contributed by atoms with Gasteiger partial charge in [0.25, 0.3) is 0 Å². The molecule has 0 saturated heterocycles. The molecule has 1 amide bonds. The standard InChI is InChI=1S/C12H13BrFNO3/c1-7(6-15-8(2)16)18-12(17)10-4-3-9(14)5-11(10)13/h3-5,7H,6H2,1-2H3,(H,15,16)/t7-/m0/s1. The fourth-order valence-corrected chi connectivity index (χ4v) is 1.74. The molecule has 0 radical (unpaired) electrons. The highest BCUT2D eigenvalue weighted by atomic mass is 79.9. The Morgan fingerprint density at radius 1 is 1.50 bits per heavy atom. The molecule has 6 heteroatoms. The van der Waals surface area contributed by atoms with E-state index in [1.807, 2.05) is 0 Å². The van der Waals surface area contributed by atoms with Crippen molar-refractivity contribution >= 4 is 27.8 Å². The zero-order chi connectivity index (χ0) is 13.7. The van der Waals surface area contributed by atoms with Gasteiger partial charge in [0.05, 0.1) is 12.1 Å². The van der Waals surface area contributed by atoms with Crippen LogP contribution in [0.15, 0.2) is 22.7 Å².